The lowest BCUT2D eigenvalue weighted by molar-refractivity contribution is -0.135. The quantitative estimate of drug-likeness (QED) is 0.752. The van der Waals surface area contributed by atoms with Gasteiger partial charge in [0.1, 0.15) is 10.7 Å². The Balaban J connectivity index is 1.80. The van der Waals surface area contributed by atoms with Gasteiger partial charge in [-0.1, -0.05) is 50.1 Å². The summed E-state index contributed by atoms with van der Waals surface area (Å²) >= 11 is 0. The van der Waals surface area contributed by atoms with Crippen LogP contribution in [-0.4, -0.2) is 56.1 Å². The molecule has 2 heterocycles. The molecule has 0 aliphatic carbocycles. The molecule has 3 rings (SSSR count). The molecule has 6 nitrogen and oxygen atoms in total. The third-order valence-electron chi connectivity index (χ3n) is 5.70. The Bertz CT molecular complexity index is 933. The first-order valence-electron chi connectivity index (χ1n) is 10.4. The van der Waals surface area contributed by atoms with E-state index in [2.05, 4.69) is 11.3 Å². The average Bonchev–Trinajstić information content (AvgIpc) is 2.83. The zero-order valence-corrected chi connectivity index (χ0v) is 18.6. The monoisotopic (exact) mass is 417 g/mol. The molecule has 1 aromatic carbocycles. The van der Waals surface area contributed by atoms with Gasteiger partial charge in [-0.2, -0.15) is 8.42 Å². The molecular formula is C22H31N3O3S. The lowest BCUT2D eigenvalue weighted by Crippen LogP contribution is -2.39. The highest BCUT2D eigenvalue weighted by molar-refractivity contribution is 8.00. The Morgan fingerprint density at radius 1 is 1.10 bits per heavy atom. The van der Waals surface area contributed by atoms with Crippen molar-refractivity contribution in [2.24, 2.45) is 10.3 Å². The second-order valence-corrected chi connectivity index (χ2v) is 9.61. The lowest BCUT2D eigenvalue weighted by Gasteiger charge is -2.25. The smallest absolute Gasteiger partial charge is 0.285 e. The van der Waals surface area contributed by atoms with Gasteiger partial charge in [-0.25, -0.2) is 0 Å². The summed E-state index contributed by atoms with van der Waals surface area (Å²) in [7, 11) is -3.72. The van der Waals surface area contributed by atoms with Crippen molar-refractivity contribution in [3.8, 4) is 0 Å². The first-order chi connectivity index (χ1) is 13.7. The number of hydrogen-bond acceptors (Lipinski definition) is 4. The molecule has 1 unspecified atom stereocenters. The summed E-state index contributed by atoms with van der Waals surface area (Å²) in [5.74, 6) is 0.754. The molecule has 2 aliphatic heterocycles. The molecule has 0 radical (unpaired) electrons. The van der Waals surface area contributed by atoms with Crippen LogP contribution in [0, 0.1) is 12.8 Å². The average molecular weight is 418 g/mol. The Labute approximate surface area is 174 Å². The van der Waals surface area contributed by atoms with E-state index in [1.54, 1.807) is 0 Å². The van der Waals surface area contributed by atoms with E-state index in [-0.39, 0.29) is 11.8 Å². The summed E-state index contributed by atoms with van der Waals surface area (Å²) in [5.41, 5.74) is 2.44. The SMILES string of the molecule is CCCC(C)C(=O)N1CCCN(C2=NS(=O)(=O)C(c3ccc(C)cc3)=C2C)CC1. The van der Waals surface area contributed by atoms with Crippen LogP contribution in [0.4, 0.5) is 0 Å². The van der Waals surface area contributed by atoms with E-state index < -0.39 is 10.0 Å². The zero-order chi connectivity index (χ0) is 21.2. The van der Waals surface area contributed by atoms with Crippen LogP contribution in [0.5, 0.6) is 0 Å². The molecule has 0 N–H and O–H groups in total. The highest BCUT2D eigenvalue weighted by Crippen LogP contribution is 2.34. The van der Waals surface area contributed by atoms with Crippen molar-refractivity contribution in [2.45, 2.75) is 47.0 Å². The largest absolute Gasteiger partial charge is 0.354 e. The number of amidine groups is 1. The van der Waals surface area contributed by atoms with Crippen molar-refractivity contribution in [1.82, 2.24) is 9.80 Å². The number of hydrogen-bond donors (Lipinski definition) is 0. The summed E-state index contributed by atoms with van der Waals surface area (Å²) in [6.07, 6.45) is 2.69. The molecule has 158 valence electrons. The minimum absolute atomic E-state index is 0.0329. The Morgan fingerprint density at radius 3 is 2.45 bits per heavy atom. The van der Waals surface area contributed by atoms with E-state index in [1.807, 2.05) is 54.8 Å². The van der Waals surface area contributed by atoms with Gasteiger partial charge in [0.25, 0.3) is 10.0 Å². The van der Waals surface area contributed by atoms with Crippen LogP contribution < -0.4 is 0 Å². The molecule has 1 fully saturated rings. The highest BCUT2D eigenvalue weighted by atomic mass is 32.2. The maximum Gasteiger partial charge on any atom is 0.285 e. The summed E-state index contributed by atoms with van der Waals surface area (Å²) in [6, 6.07) is 7.50. The third-order valence-corrected chi connectivity index (χ3v) is 7.18. The number of amides is 1. The number of nitrogens with zero attached hydrogens (tertiary/aromatic N) is 3. The first-order valence-corrected chi connectivity index (χ1v) is 11.9. The van der Waals surface area contributed by atoms with E-state index >= 15 is 0 Å². The van der Waals surface area contributed by atoms with Crippen molar-refractivity contribution in [3.63, 3.8) is 0 Å². The third kappa shape index (κ3) is 4.55. The van der Waals surface area contributed by atoms with Crippen LogP contribution in [0.3, 0.4) is 0 Å². The number of benzene rings is 1. The number of sulfonamides is 1. The second kappa shape index (κ2) is 8.69. The topological polar surface area (TPSA) is 70.1 Å². The van der Waals surface area contributed by atoms with E-state index in [4.69, 9.17) is 0 Å². The maximum absolute atomic E-state index is 12.8. The molecule has 0 aromatic heterocycles. The van der Waals surface area contributed by atoms with Gasteiger partial charge in [0, 0.05) is 37.7 Å². The molecular weight excluding hydrogens is 386 g/mol. The lowest BCUT2D eigenvalue weighted by atomic mass is 10.0. The first kappa shape index (κ1) is 21.6. The number of carbonyl (C=O) groups excluding carboxylic acids is 1. The molecule has 1 aromatic rings. The summed E-state index contributed by atoms with van der Waals surface area (Å²) in [5, 5.41) is 0. The van der Waals surface area contributed by atoms with Gasteiger partial charge in [0.15, 0.2) is 0 Å². The summed E-state index contributed by atoms with van der Waals surface area (Å²) < 4.78 is 29.7. The van der Waals surface area contributed by atoms with Crippen molar-refractivity contribution >= 4 is 26.7 Å². The number of rotatable bonds is 4. The van der Waals surface area contributed by atoms with Crippen LogP contribution in [0.15, 0.2) is 34.2 Å². The maximum atomic E-state index is 12.8. The fourth-order valence-electron chi connectivity index (χ4n) is 4.11. The standard InChI is InChI=1S/C22H31N3O3S/c1-5-7-17(3)22(26)25-13-6-12-24(14-15-25)21-18(4)20(29(27,28)23-21)19-10-8-16(2)9-11-19/h8-11,17H,5-7,12-15H2,1-4H3. The van der Waals surface area contributed by atoms with Gasteiger partial charge >= 0.3 is 0 Å². The molecule has 7 heteroatoms. The van der Waals surface area contributed by atoms with Gasteiger partial charge in [0.2, 0.25) is 5.91 Å². The molecule has 0 bridgehead atoms. The summed E-state index contributed by atoms with van der Waals surface area (Å²) in [4.78, 5) is 16.9. The minimum Gasteiger partial charge on any atom is -0.354 e. The second-order valence-electron chi connectivity index (χ2n) is 8.07. The molecule has 0 saturated carbocycles. The van der Waals surface area contributed by atoms with E-state index in [0.717, 1.165) is 24.8 Å². The predicted octanol–water partition coefficient (Wildman–Crippen LogP) is 3.44. The molecule has 1 amide bonds. The Hall–Kier alpha value is -2.15. The molecule has 0 spiro atoms. The molecule has 2 aliphatic rings. The van der Waals surface area contributed by atoms with Gasteiger partial charge in [0.05, 0.1) is 0 Å². The van der Waals surface area contributed by atoms with Crippen LogP contribution in [0.25, 0.3) is 4.91 Å². The van der Waals surface area contributed by atoms with Crippen molar-refractivity contribution in [1.29, 1.82) is 0 Å². The van der Waals surface area contributed by atoms with Gasteiger partial charge in [-0.05, 0) is 32.3 Å². The fourth-order valence-corrected chi connectivity index (χ4v) is 5.59. The van der Waals surface area contributed by atoms with Crippen LogP contribution in [-0.2, 0) is 14.8 Å². The van der Waals surface area contributed by atoms with E-state index in [0.29, 0.717) is 48.1 Å². The Morgan fingerprint density at radius 2 is 1.79 bits per heavy atom. The fraction of sp³-hybridized carbons (Fsp3) is 0.545. The van der Waals surface area contributed by atoms with E-state index in [1.165, 1.54) is 0 Å². The number of carbonyl (C=O) groups is 1. The van der Waals surface area contributed by atoms with Gasteiger partial charge in [-0.3, -0.25) is 4.79 Å². The summed E-state index contributed by atoms with van der Waals surface area (Å²) in [6.45, 7) is 10.5. The minimum atomic E-state index is -3.72. The normalized spacial score (nSPS) is 20.5. The molecule has 1 saturated heterocycles. The zero-order valence-electron chi connectivity index (χ0n) is 17.8. The predicted molar refractivity (Wildman–Crippen MR) is 117 cm³/mol. The molecule has 1 atom stereocenters. The Kier molecular flexibility index (Phi) is 6.46. The highest BCUT2D eigenvalue weighted by Gasteiger charge is 2.34. The number of aryl methyl sites for hydroxylation is 1. The van der Waals surface area contributed by atoms with Crippen LogP contribution >= 0.6 is 0 Å². The van der Waals surface area contributed by atoms with Crippen molar-refractivity contribution in [3.05, 3.63) is 41.0 Å². The van der Waals surface area contributed by atoms with Gasteiger partial charge in [-0.15, -0.1) is 4.40 Å². The van der Waals surface area contributed by atoms with Crippen molar-refractivity contribution in [2.75, 3.05) is 26.2 Å². The molecule has 29 heavy (non-hydrogen) atoms. The van der Waals surface area contributed by atoms with Crippen LogP contribution in [0.2, 0.25) is 0 Å². The van der Waals surface area contributed by atoms with Crippen molar-refractivity contribution < 1.29 is 13.2 Å². The van der Waals surface area contributed by atoms with Gasteiger partial charge < -0.3 is 9.80 Å². The van der Waals surface area contributed by atoms with Crippen LogP contribution in [0.1, 0.15) is 51.2 Å². The van der Waals surface area contributed by atoms with E-state index in [9.17, 15) is 13.2 Å².